The highest BCUT2D eigenvalue weighted by molar-refractivity contribution is 7.92. The molecule has 184 valence electrons. The fourth-order valence-electron chi connectivity index (χ4n) is 3.60. The minimum atomic E-state index is -4.87. The first-order chi connectivity index (χ1) is 15.7. The molecule has 2 aromatic rings. The molecule has 0 saturated carbocycles. The van der Waals surface area contributed by atoms with E-state index >= 15 is 0 Å². The maximum Gasteiger partial charge on any atom is 0.417 e. The van der Waals surface area contributed by atoms with Gasteiger partial charge in [0.2, 0.25) is 5.91 Å². The van der Waals surface area contributed by atoms with E-state index in [-0.39, 0.29) is 28.7 Å². The minimum Gasteiger partial charge on any atom is -0.347 e. The van der Waals surface area contributed by atoms with E-state index in [1.54, 1.807) is 14.1 Å². The summed E-state index contributed by atoms with van der Waals surface area (Å²) in [6, 6.07) is 5.27. The van der Waals surface area contributed by atoms with Gasteiger partial charge in [-0.25, -0.2) is 8.42 Å². The number of benzene rings is 2. The van der Waals surface area contributed by atoms with E-state index in [1.165, 1.54) is 28.0 Å². The van der Waals surface area contributed by atoms with Crippen LogP contribution in [0.1, 0.15) is 28.8 Å². The second-order valence-electron chi connectivity index (χ2n) is 7.82. The van der Waals surface area contributed by atoms with E-state index in [1.807, 2.05) is 0 Å². The average molecular weight is 538 g/mol. The number of anilines is 1. The highest BCUT2D eigenvalue weighted by Gasteiger charge is 2.37. The molecular formula is C21H20Cl2F3N3O4S. The number of sulfonamides is 1. The lowest BCUT2D eigenvalue weighted by Gasteiger charge is -2.27. The summed E-state index contributed by atoms with van der Waals surface area (Å²) in [5.41, 5.74) is -1.65. The third kappa shape index (κ3) is 5.42. The Labute approximate surface area is 204 Å². The van der Waals surface area contributed by atoms with Crippen molar-refractivity contribution in [2.45, 2.75) is 30.0 Å². The molecule has 1 heterocycles. The van der Waals surface area contributed by atoms with Gasteiger partial charge in [0.1, 0.15) is 6.04 Å². The number of likely N-dealkylation sites (tertiary alicyclic amines) is 1. The lowest BCUT2D eigenvalue weighted by Crippen LogP contribution is -2.45. The fraction of sp³-hybridized carbons (Fsp3) is 0.333. The largest absolute Gasteiger partial charge is 0.417 e. The number of hydrogen-bond donors (Lipinski definition) is 1. The number of nitrogens with zero attached hydrogens (tertiary/aromatic N) is 2. The van der Waals surface area contributed by atoms with Crippen LogP contribution in [0.2, 0.25) is 10.0 Å². The Kier molecular flexibility index (Phi) is 7.40. The molecule has 0 aliphatic carbocycles. The molecule has 1 aliphatic rings. The number of alkyl halides is 3. The molecule has 13 heteroatoms. The maximum atomic E-state index is 13.3. The van der Waals surface area contributed by atoms with Crippen molar-refractivity contribution in [3.05, 3.63) is 57.6 Å². The zero-order valence-corrected chi connectivity index (χ0v) is 20.3. The number of likely N-dealkylation sites (N-methyl/N-ethyl adjacent to an activating group) is 1. The lowest BCUT2D eigenvalue weighted by molar-refractivity contribution is -0.137. The van der Waals surface area contributed by atoms with Crippen LogP contribution in [0.25, 0.3) is 0 Å². The highest BCUT2D eigenvalue weighted by atomic mass is 35.5. The molecule has 0 bridgehead atoms. The van der Waals surface area contributed by atoms with Crippen molar-refractivity contribution in [2.75, 3.05) is 25.4 Å². The normalized spacial score (nSPS) is 16.4. The summed E-state index contributed by atoms with van der Waals surface area (Å²) in [4.78, 5) is 27.8. The predicted molar refractivity (Wildman–Crippen MR) is 121 cm³/mol. The summed E-state index contributed by atoms with van der Waals surface area (Å²) in [6.07, 6.45) is -3.85. The fourth-order valence-corrected chi connectivity index (χ4v) is 5.09. The van der Waals surface area contributed by atoms with Gasteiger partial charge in [0.05, 0.1) is 26.7 Å². The van der Waals surface area contributed by atoms with Crippen LogP contribution in [-0.2, 0) is 21.0 Å². The third-order valence-electron chi connectivity index (χ3n) is 5.25. The quantitative estimate of drug-likeness (QED) is 0.608. The molecule has 7 nitrogen and oxygen atoms in total. The van der Waals surface area contributed by atoms with Crippen molar-refractivity contribution < 1.29 is 31.2 Å². The number of nitrogens with one attached hydrogen (secondary N) is 1. The molecule has 0 spiro atoms. The van der Waals surface area contributed by atoms with E-state index in [9.17, 15) is 31.2 Å². The van der Waals surface area contributed by atoms with Crippen LogP contribution in [-0.4, -0.2) is 56.7 Å². The zero-order valence-electron chi connectivity index (χ0n) is 18.0. The van der Waals surface area contributed by atoms with Crippen LogP contribution in [0.15, 0.2) is 41.3 Å². The first-order valence-electron chi connectivity index (χ1n) is 9.93. The number of hydrogen-bond acceptors (Lipinski definition) is 4. The molecule has 34 heavy (non-hydrogen) atoms. The van der Waals surface area contributed by atoms with Crippen molar-refractivity contribution >= 4 is 50.7 Å². The Morgan fingerprint density at radius 1 is 1.12 bits per heavy atom. The van der Waals surface area contributed by atoms with Crippen LogP contribution in [0.3, 0.4) is 0 Å². The minimum absolute atomic E-state index is 0.0867. The topological polar surface area (TPSA) is 86.8 Å². The molecule has 1 atom stereocenters. The summed E-state index contributed by atoms with van der Waals surface area (Å²) < 4.78 is 67.6. The van der Waals surface area contributed by atoms with Crippen LogP contribution in [0.5, 0.6) is 0 Å². The van der Waals surface area contributed by atoms with Gasteiger partial charge in [-0.05, 0) is 49.2 Å². The van der Waals surface area contributed by atoms with Gasteiger partial charge in [0.25, 0.3) is 15.9 Å². The Hall–Kier alpha value is -2.50. The van der Waals surface area contributed by atoms with Crippen molar-refractivity contribution in [3.8, 4) is 0 Å². The molecule has 1 fully saturated rings. The molecule has 1 unspecified atom stereocenters. The summed E-state index contributed by atoms with van der Waals surface area (Å²) >= 11 is 11.6. The number of rotatable bonds is 5. The molecule has 1 N–H and O–H groups in total. The van der Waals surface area contributed by atoms with Gasteiger partial charge in [-0.2, -0.15) is 13.2 Å². The summed E-state index contributed by atoms with van der Waals surface area (Å²) in [5.74, 6) is -0.887. The van der Waals surface area contributed by atoms with Gasteiger partial charge in [-0.3, -0.25) is 14.3 Å². The molecule has 1 aliphatic heterocycles. The predicted octanol–water partition coefficient (Wildman–Crippen LogP) is 4.51. The van der Waals surface area contributed by atoms with E-state index in [4.69, 9.17) is 23.2 Å². The molecular weight excluding hydrogens is 518 g/mol. The first kappa shape index (κ1) is 26.1. The summed E-state index contributed by atoms with van der Waals surface area (Å²) in [7, 11) is -1.44. The molecule has 2 amide bonds. The van der Waals surface area contributed by atoms with Crippen LogP contribution < -0.4 is 4.72 Å². The SMILES string of the molecule is CN(C)C(=O)C1CCCN1C(=O)c1ccc(Cl)cc1NS(=O)(=O)c1ccc(Cl)c(C(F)(F)F)c1. The van der Waals surface area contributed by atoms with E-state index in [0.717, 1.165) is 12.1 Å². The van der Waals surface area contributed by atoms with Crippen molar-refractivity contribution in [2.24, 2.45) is 0 Å². The molecule has 0 aromatic heterocycles. The van der Waals surface area contributed by atoms with Crippen LogP contribution in [0.4, 0.5) is 18.9 Å². The average Bonchev–Trinajstić information content (AvgIpc) is 3.21. The van der Waals surface area contributed by atoms with Gasteiger partial charge >= 0.3 is 6.18 Å². The highest BCUT2D eigenvalue weighted by Crippen LogP contribution is 2.36. The number of carbonyl (C=O) groups is 2. The molecule has 1 saturated heterocycles. The van der Waals surface area contributed by atoms with Crippen molar-refractivity contribution in [1.82, 2.24) is 9.80 Å². The van der Waals surface area contributed by atoms with E-state index in [2.05, 4.69) is 4.72 Å². The standard InChI is InChI=1S/C21H20Cl2F3N3O4S/c1-28(2)20(31)18-4-3-9-29(18)19(30)14-7-5-12(22)10-17(14)27-34(32,33)13-6-8-16(23)15(11-13)21(24,25)26/h5-8,10-11,18,27H,3-4,9H2,1-2H3. The maximum absolute atomic E-state index is 13.3. The van der Waals surface area contributed by atoms with Crippen molar-refractivity contribution in [1.29, 1.82) is 0 Å². The Bertz CT molecular complexity index is 1240. The van der Waals surface area contributed by atoms with Crippen LogP contribution >= 0.6 is 23.2 Å². The Balaban J connectivity index is 1.99. The molecule has 2 aromatic carbocycles. The molecule has 0 radical (unpaired) electrons. The first-order valence-corrected chi connectivity index (χ1v) is 12.2. The summed E-state index contributed by atoms with van der Waals surface area (Å²) in [5, 5.41) is -0.570. The Morgan fingerprint density at radius 3 is 2.41 bits per heavy atom. The van der Waals surface area contributed by atoms with Gasteiger partial charge in [-0.15, -0.1) is 0 Å². The number of carbonyl (C=O) groups excluding carboxylic acids is 2. The van der Waals surface area contributed by atoms with Gasteiger partial charge in [0, 0.05) is 25.7 Å². The monoisotopic (exact) mass is 537 g/mol. The van der Waals surface area contributed by atoms with Gasteiger partial charge < -0.3 is 9.80 Å². The second kappa shape index (κ2) is 9.63. The zero-order chi connectivity index (χ0) is 25.4. The third-order valence-corrected chi connectivity index (χ3v) is 7.18. The lowest BCUT2D eigenvalue weighted by atomic mass is 10.1. The number of amides is 2. The van der Waals surface area contributed by atoms with E-state index in [0.29, 0.717) is 18.9 Å². The van der Waals surface area contributed by atoms with Gasteiger partial charge in [0.15, 0.2) is 0 Å². The summed E-state index contributed by atoms with van der Waals surface area (Å²) in [6.45, 7) is 0.282. The van der Waals surface area contributed by atoms with Crippen molar-refractivity contribution in [3.63, 3.8) is 0 Å². The van der Waals surface area contributed by atoms with Gasteiger partial charge in [-0.1, -0.05) is 23.2 Å². The Morgan fingerprint density at radius 2 is 1.79 bits per heavy atom. The number of halogens is 5. The van der Waals surface area contributed by atoms with Crippen LogP contribution in [0, 0.1) is 0 Å². The molecule has 3 rings (SSSR count). The second-order valence-corrected chi connectivity index (χ2v) is 10.4. The smallest absolute Gasteiger partial charge is 0.347 e. The van der Waals surface area contributed by atoms with E-state index < -0.39 is 43.6 Å².